The molecule has 0 atom stereocenters. The van der Waals surface area contributed by atoms with Gasteiger partial charge in [-0.05, 0) is 42.5 Å². The van der Waals surface area contributed by atoms with Gasteiger partial charge in [-0.15, -0.1) is 0 Å². The number of benzene rings is 2. The average molecular weight is 418 g/mol. The fourth-order valence-corrected chi connectivity index (χ4v) is 2.65. The van der Waals surface area contributed by atoms with Crippen LogP contribution in [0, 0.1) is 0 Å². The lowest BCUT2D eigenvalue weighted by molar-refractivity contribution is -0.143. The van der Waals surface area contributed by atoms with Crippen LogP contribution in [0.1, 0.15) is 21.5 Å². The van der Waals surface area contributed by atoms with Crippen molar-refractivity contribution in [2.24, 2.45) is 0 Å². The van der Waals surface area contributed by atoms with Gasteiger partial charge in [0.25, 0.3) is 5.91 Å². The molecule has 1 aliphatic rings. The Morgan fingerprint density at radius 1 is 0.931 bits per heavy atom. The van der Waals surface area contributed by atoms with Crippen molar-refractivity contribution in [3.63, 3.8) is 0 Å². The van der Waals surface area contributed by atoms with Crippen LogP contribution in [-0.4, -0.2) is 25.2 Å². The average Bonchev–Trinajstić information content (AvgIpc) is 3.06. The number of anilines is 2. The second-order valence-corrected chi connectivity index (χ2v) is 6.06. The van der Waals surface area contributed by atoms with E-state index in [-0.39, 0.29) is 18.2 Å². The molecule has 0 unspecified atom stereocenters. The summed E-state index contributed by atoms with van der Waals surface area (Å²) in [6.45, 7) is 0.521. The first-order valence-corrected chi connectivity index (χ1v) is 8.10. The van der Waals surface area contributed by atoms with E-state index in [1.54, 1.807) is 0 Å². The summed E-state index contributed by atoms with van der Waals surface area (Å²) in [7, 11) is 0. The summed E-state index contributed by atoms with van der Waals surface area (Å²) in [5.41, 5.74) is -3.31. The number of hydrogen-bond acceptors (Lipinski definition) is 3. The minimum atomic E-state index is -5.02. The van der Waals surface area contributed by atoms with Gasteiger partial charge < -0.3 is 10.1 Å². The maximum atomic E-state index is 12.9. The van der Waals surface area contributed by atoms with E-state index in [1.807, 2.05) is 5.32 Å². The van der Waals surface area contributed by atoms with Crippen molar-refractivity contribution in [1.29, 1.82) is 0 Å². The highest BCUT2D eigenvalue weighted by molar-refractivity contribution is 6.04. The zero-order valence-corrected chi connectivity index (χ0v) is 14.4. The Bertz CT molecular complexity index is 906. The number of carbonyl (C=O) groups is 2. The molecule has 1 fully saturated rings. The SMILES string of the molecule is O=C(Nc1cc(C(F)(F)F)cc(C(F)(F)F)c1)c1ccc(N2CCOC2=O)cc1. The fourth-order valence-electron chi connectivity index (χ4n) is 2.65. The van der Waals surface area contributed by atoms with Gasteiger partial charge in [-0.2, -0.15) is 26.3 Å². The molecule has 1 heterocycles. The highest BCUT2D eigenvalue weighted by atomic mass is 19.4. The zero-order valence-electron chi connectivity index (χ0n) is 14.4. The monoisotopic (exact) mass is 418 g/mol. The Labute approximate surface area is 159 Å². The third-order valence-electron chi connectivity index (χ3n) is 4.05. The first-order valence-electron chi connectivity index (χ1n) is 8.10. The second-order valence-electron chi connectivity index (χ2n) is 6.06. The Balaban J connectivity index is 1.83. The Morgan fingerprint density at radius 3 is 1.93 bits per heavy atom. The third-order valence-corrected chi connectivity index (χ3v) is 4.05. The number of amides is 2. The predicted molar refractivity (Wildman–Crippen MR) is 89.5 cm³/mol. The van der Waals surface area contributed by atoms with Crippen LogP contribution in [0.4, 0.5) is 42.5 Å². The van der Waals surface area contributed by atoms with Gasteiger partial charge in [0.1, 0.15) is 6.61 Å². The molecule has 2 aromatic rings. The van der Waals surface area contributed by atoms with E-state index < -0.39 is 41.2 Å². The lowest BCUT2D eigenvalue weighted by Gasteiger charge is -2.15. The van der Waals surface area contributed by atoms with Crippen LogP contribution in [0.2, 0.25) is 0 Å². The van der Waals surface area contributed by atoms with E-state index in [9.17, 15) is 35.9 Å². The number of alkyl halides is 6. The Hall–Kier alpha value is -3.24. The van der Waals surface area contributed by atoms with Crippen LogP contribution < -0.4 is 10.2 Å². The van der Waals surface area contributed by atoms with Crippen molar-refractivity contribution in [3.8, 4) is 0 Å². The summed E-state index contributed by atoms with van der Waals surface area (Å²) in [4.78, 5) is 25.1. The smallest absolute Gasteiger partial charge is 0.416 e. The van der Waals surface area contributed by atoms with E-state index in [1.165, 1.54) is 29.2 Å². The molecule has 3 rings (SSSR count). The molecule has 0 spiro atoms. The summed E-state index contributed by atoms with van der Waals surface area (Å²) >= 11 is 0. The molecular formula is C18H12F6N2O3. The summed E-state index contributed by atoms with van der Waals surface area (Å²) in [5, 5.41) is 2.04. The molecule has 0 aliphatic carbocycles. The van der Waals surface area contributed by atoms with Crippen LogP contribution in [0.5, 0.6) is 0 Å². The van der Waals surface area contributed by atoms with Gasteiger partial charge in [0.05, 0.1) is 17.7 Å². The van der Waals surface area contributed by atoms with Crippen molar-refractivity contribution in [2.45, 2.75) is 12.4 Å². The molecule has 154 valence electrons. The van der Waals surface area contributed by atoms with Crippen LogP contribution in [0.25, 0.3) is 0 Å². The van der Waals surface area contributed by atoms with Crippen LogP contribution >= 0.6 is 0 Å². The molecule has 2 amide bonds. The summed E-state index contributed by atoms with van der Waals surface area (Å²) < 4.78 is 82.2. The minimum Gasteiger partial charge on any atom is -0.447 e. The number of nitrogens with zero attached hydrogens (tertiary/aromatic N) is 1. The number of halogens is 6. The zero-order chi connectivity index (χ0) is 21.4. The number of rotatable bonds is 3. The highest BCUT2D eigenvalue weighted by Gasteiger charge is 2.37. The first kappa shape index (κ1) is 20.5. The third kappa shape index (κ3) is 4.61. The van der Waals surface area contributed by atoms with E-state index in [4.69, 9.17) is 4.74 Å². The van der Waals surface area contributed by atoms with Crippen molar-refractivity contribution in [1.82, 2.24) is 0 Å². The first-order chi connectivity index (χ1) is 13.4. The van der Waals surface area contributed by atoms with Gasteiger partial charge >= 0.3 is 18.4 Å². The quantitative estimate of drug-likeness (QED) is 0.719. The van der Waals surface area contributed by atoms with Crippen molar-refractivity contribution >= 4 is 23.4 Å². The molecule has 11 heteroatoms. The van der Waals surface area contributed by atoms with Crippen molar-refractivity contribution < 1.29 is 40.7 Å². The lowest BCUT2D eigenvalue weighted by atomic mass is 10.1. The van der Waals surface area contributed by atoms with E-state index in [0.29, 0.717) is 24.4 Å². The molecular weight excluding hydrogens is 406 g/mol. The lowest BCUT2D eigenvalue weighted by Crippen LogP contribution is -2.23. The van der Waals surface area contributed by atoms with Crippen LogP contribution in [0.3, 0.4) is 0 Å². The van der Waals surface area contributed by atoms with Gasteiger partial charge in [0.2, 0.25) is 0 Å². The number of cyclic esters (lactones) is 1. The normalized spacial score (nSPS) is 14.7. The van der Waals surface area contributed by atoms with Gasteiger partial charge in [0, 0.05) is 16.9 Å². The molecule has 0 aromatic heterocycles. The molecule has 29 heavy (non-hydrogen) atoms. The van der Waals surface area contributed by atoms with E-state index >= 15 is 0 Å². The van der Waals surface area contributed by atoms with Crippen LogP contribution in [-0.2, 0) is 17.1 Å². The molecule has 5 nitrogen and oxygen atoms in total. The molecule has 1 aliphatic heterocycles. The summed E-state index contributed by atoms with van der Waals surface area (Å²) in [6, 6.07) is 6.20. The predicted octanol–water partition coefficient (Wildman–Crippen LogP) is 4.93. The summed E-state index contributed by atoms with van der Waals surface area (Å²) in [5.74, 6) is -0.909. The van der Waals surface area contributed by atoms with Gasteiger partial charge in [-0.3, -0.25) is 9.69 Å². The maximum Gasteiger partial charge on any atom is 0.416 e. The maximum absolute atomic E-state index is 12.9. The van der Waals surface area contributed by atoms with Crippen molar-refractivity contribution in [3.05, 3.63) is 59.2 Å². The molecule has 1 N–H and O–H groups in total. The van der Waals surface area contributed by atoms with Crippen LogP contribution in [0.15, 0.2) is 42.5 Å². The van der Waals surface area contributed by atoms with Gasteiger partial charge in [-0.25, -0.2) is 4.79 Å². The molecule has 0 radical (unpaired) electrons. The van der Waals surface area contributed by atoms with Gasteiger partial charge in [-0.1, -0.05) is 0 Å². The standard InChI is InChI=1S/C18H12F6N2O3/c19-17(20,21)11-7-12(18(22,23)24)9-13(8-11)25-15(27)10-1-3-14(4-2-10)26-5-6-29-16(26)28/h1-4,7-9H,5-6H2,(H,25,27). The number of ether oxygens (including phenoxy) is 1. The molecule has 2 aromatic carbocycles. The fraction of sp³-hybridized carbons (Fsp3) is 0.222. The largest absolute Gasteiger partial charge is 0.447 e. The molecule has 0 saturated carbocycles. The number of nitrogens with one attached hydrogen (secondary N) is 1. The number of carbonyl (C=O) groups excluding carboxylic acids is 2. The van der Waals surface area contributed by atoms with Crippen molar-refractivity contribution in [2.75, 3.05) is 23.4 Å². The van der Waals surface area contributed by atoms with E-state index in [0.717, 1.165) is 0 Å². The molecule has 0 bridgehead atoms. The second kappa shape index (κ2) is 7.30. The molecule has 1 saturated heterocycles. The minimum absolute atomic E-state index is 0.0210. The Morgan fingerprint density at radius 2 is 1.48 bits per heavy atom. The highest BCUT2D eigenvalue weighted by Crippen LogP contribution is 2.37. The topological polar surface area (TPSA) is 58.6 Å². The Kier molecular flexibility index (Phi) is 5.16. The van der Waals surface area contributed by atoms with E-state index in [2.05, 4.69) is 0 Å². The summed E-state index contributed by atoms with van der Waals surface area (Å²) in [6.07, 6.45) is -10.6. The number of hydrogen-bond donors (Lipinski definition) is 1. The van der Waals surface area contributed by atoms with Gasteiger partial charge in [0.15, 0.2) is 0 Å².